The van der Waals surface area contributed by atoms with Crippen LogP contribution in [0.15, 0.2) is 12.1 Å². The molecule has 0 unspecified atom stereocenters. The molecule has 0 aromatic carbocycles. The highest BCUT2D eigenvalue weighted by molar-refractivity contribution is 7.12. The van der Waals surface area contributed by atoms with Crippen LogP contribution in [0.4, 0.5) is 0 Å². The Balaban J connectivity index is 1.91. The standard InChI is InChI=1S/C15H21NOS/c1-2-10-16(13-6-7-13)12-15-9-8-14(18-15)5-3-4-11-17/h8-9,13,17H,2,4,6-7,10-12H2,1H3. The van der Waals surface area contributed by atoms with Crippen molar-refractivity contribution in [1.82, 2.24) is 4.90 Å². The summed E-state index contributed by atoms with van der Waals surface area (Å²) >= 11 is 1.79. The molecule has 98 valence electrons. The maximum atomic E-state index is 8.69. The van der Waals surface area contributed by atoms with Gasteiger partial charge in [-0.15, -0.1) is 11.3 Å². The summed E-state index contributed by atoms with van der Waals surface area (Å²) in [7, 11) is 0. The Labute approximate surface area is 114 Å². The molecule has 1 aliphatic rings. The highest BCUT2D eigenvalue weighted by atomic mass is 32.1. The lowest BCUT2D eigenvalue weighted by atomic mass is 10.3. The number of thiophene rings is 1. The summed E-state index contributed by atoms with van der Waals surface area (Å²) in [6, 6.07) is 5.12. The molecule has 1 aromatic rings. The first-order chi connectivity index (χ1) is 8.83. The molecule has 1 heterocycles. The number of hydrogen-bond acceptors (Lipinski definition) is 3. The molecule has 0 atom stereocenters. The molecule has 2 rings (SSSR count). The van der Waals surface area contributed by atoms with Crippen molar-refractivity contribution in [2.24, 2.45) is 0 Å². The quantitative estimate of drug-likeness (QED) is 0.798. The molecule has 1 fully saturated rings. The van der Waals surface area contributed by atoms with Gasteiger partial charge in [-0.1, -0.05) is 18.8 Å². The summed E-state index contributed by atoms with van der Waals surface area (Å²) < 4.78 is 0. The molecule has 0 spiro atoms. The zero-order chi connectivity index (χ0) is 12.8. The van der Waals surface area contributed by atoms with E-state index in [9.17, 15) is 0 Å². The van der Waals surface area contributed by atoms with Crippen LogP contribution in [0.5, 0.6) is 0 Å². The van der Waals surface area contributed by atoms with Gasteiger partial charge in [-0.25, -0.2) is 0 Å². The van der Waals surface area contributed by atoms with Crippen molar-refractivity contribution in [3.05, 3.63) is 21.9 Å². The van der Waals surface area contributed by atoms with Gasteiger partial charge in [-0.2, -0.15) is 0 Å². The fourth-order valence-electron chi connectivity index (χ4n) is 2.05. The van der Waals surface area contributed by atoms with Gasteiger partial charge in [0, 0.05) is 23.9 Å². The Morgan fingerprint density at radius 3 is 2.94 bits per heavy atom. The molecule has 18 heavy (non-hydrogen) atoms. The fraction of sp³-hybridized carbons (Fsp3) is 0.600. The Morgan fingerprint density at radius 1 is 1.44 bits per heavy atom. The van der Waals surface area contributed by atoms with E-state index in [0.29, 0.717) is 6.42 Å². The topological polar surface area (TPSA) is 23.5 Å². The number of nitrogens with zero attached hydrogens (tertiary/aromatic N) is 1. The normalized spacial score (nSPS) is 14.6. The summed E-state index contributed by atoms with van der Waals surface area (Å²) in [6.07, 6.45) is 4.53. The smallest absolute Gasteiger partial charge is 0.0771 e. The monoisotopic (exact) mass is 263 g/mol. The van der Waals surface area contributed by atoms with E-state index >= 15 is 0 Å². The van der Waals surface area contributed by atoms with E-state index < -0.39 is 0 Å². The van der Waals surface area contributed by atoms with Gasteiger partial charge in [-0.3, -0.25) is 4.90 Å². The van der Waals surface area contributed by atoms with E-state index in [-0.39, 0.29) is 6.61 Å². The van der Waals surface area contributed by atoms with Crippen LogP contribution in [0.2, 0.25) is 0 Å². The minimum absolute atomic E-state index is 0.150. The first-order valence-corrected chi connectivity index (χ1v) is 7.57. The lowest BCUT2D eigenvalue weighted by Gasteiger charge is -2.19. The molecular formula is C15H21NOS. The van der Waals surface area contributed by atoms with Crippen LogP contribution in [0.25, 0.3) is 0 Å². The average Bonchev–Trinajstić information content (AvgIpc) is 3.12. The fourth-order valence-corrected chi connectivity index (χ4v) is 2.96. The zero-order valence-electron chi connectivity index (χ0n) is 11.0. The molecule has 1 aliphatic carbocycles. The summed E-state index contributed by atoms with van der Waals surface area (Å²) in [6.45, 7) is 4.67. The molecule has 1 N–H and O–H groups in total. The van der Waals surface area contributed by atoms with Crippen molar-refractivity contribution in [3.8, 4) is 11.8 Å². The van der Waals surface area contributed by atoms with E-state index in [1.807, 2.05) is 0 Å². The Kier molecular flexibility index (Phi) is 5.25. The maximum absolute atomic E-state index is 8.69. The second kappa shape index (κ2) is 6.94. The number of aliphatic hydroxyl groups is 1. The first-order valence-electron chi connectivity index (χ1n) is 6.76. The van der Waals surface area contributed by atoms with Crippen molar-refractivity contribution in [3.63, 3.8) is 0 Å². The van der Waals surface area contributed by atoms with Crippen LogP contribution in [0, 0.1) is 11.8 Å². The minimum atomic E-state index is 0.150. The Bertz CT molecular complexity index is 425. The minimum Gasteiger partial charge on any atom is -0.395 e. The molecule has 0 bridgehead atoms. The number of hydrogen-bond donors (Lipinski definition) is 1. The summed E-state index contributed by atoms with van der Waals surface area (Å²) in [5, 5.41) is 8.69. The SMILES string of the molecule is CCCN(Cc1ccc(C#CCCO)s1)C1CC1. The van der Waals surface area contributed by atoms with Crippen LogP contribution in [0.3, 0.4) is 0 Å². The van der Waals surface area contributed by atoms with E-state index in [4.69, 9.17) is 5.11 Å². The second-order valence-corrected chi connectivity index (χ2v) is 5.91. The Hall–Kier alpha value is -0.820. The van der Waals surface area contributed by atoms with Gasteiger partial charge in [0.15, 0.2) is 0 Å². The zero-order valence-corrected chi connectivity index (χ0v) is 11.8. The van der Waals surface area contributed by atoms with Gasteiger partial charge in [0.05, 0.1) is 11.5 Å². The highest BCUT2D eigenvalue weighted by Crippen LogP contribution is 2.29. The highest BCUT2D eigenvalue weighted by Gasteiger charge is 2.28. The van der Waals surface area contributed by atoms with E-state index in [1.54, 1.807) is 11.3 Å². The molecule has 1 saturated carbocycles. The van der Waals surface area contributed by atoms with E-state index in [1.165, 1.54) is 30.7 Å². The molecule has 0 amide bonds. The molecule has 1 aromatic heterocycles. The van der Waals surface area contributed by atoms with Crippen molar-refractivity contribution >= 4 is 11.3 Å². The van der Waals surface area contributed by atoms with E-state index in [2.05, 4.69) is 35.8 Å². The molecule has 0 saturated heterocycles. The molecular weight excluding hydrogens is 242 g/mol. The Morgan fingerprint density at radius 2 is 2.28 bits per heavy atom. The summed E-state index contributed by atoms with van der Waals surface area (Å²) in [5.41, 5.74) is 0. The second-order valence-electron chi connectivity index (χ2n) is 4.74. The third kappa shape index (κ3) is 4.13. The van der Waals surface area contributed by atoms with Gasteiger partial charge < -0.3 is 5.11 Å². The third-order valence-electron chi connectivity index (χ3n) is 3.04. The van der Waals surface area contributed by atoms with Crippen molar-refractivity contribution in [2.75, 3.05) is 13.2 Å². The largest absolute Gasteiger partial charge is 0.395 e. The van der Waals surface area contributed by atoms with E-state index in [0.717, 1.165) is 17.5 Å². The number of aliphatic hydroxyl groups excluding tert-OH is 1. The van der Waals surface area contributed by atoms with Crippen LogP contribution in [0.1, 0.15) is 42.4 Å². The first kappa shape index (κ1) is 13.6. The van der Waals surface area contributed by atoms with Crippen LogP contribution in [-0.4, -0.2) is 29.2 Å². The van der Waals surface area contributed by atoms with Gasteiger partial charge in [0.1, 0.15) is 0 Å². The van der Waals surface area contributed by atoms with Gasteiger partial charge >= 0.3 is 0 Å². The molecule has 2 nitrogen and oxygen atoms in total. The van der Waals surface area contributed by atoms with Crippen LogP contribution in [-0.2, 0) is 6.54 Å². The predicted octanol–water partition coefficient (Wildman–Crippen LogP) is 2.86. The van der Waals surface area contributed by atoms with Gasteiger partial charge in [0.2, 0.25) is 0 Å². The third-order valence-corrected chi connectivity index (χ3v) is 4.03. The predicted molar refractivity (Wildman–Crippen MR) is 76.6 cm³/mol. The van der Waals surface area contributed by atoms with Crippen molar-refractivity contribution in [1.29, 1.82) is 0 Å². The van der Waals surface area contributed by atoms with Crippen LogP contribution >= 0.6 is 11.3 Å². The molecule has 0 radical (unpaired) electrons. The molecule has 3 heteroatoms. The summed E-state index contributed by atoms with van der Waals surface area (Å²) in [4.78, 5) is 5.12. The molecule has 0 aliphatic heterocycles. The maximum Gasteiger partial charge on any atom is 0.0771 e. The van der Waals surface area contributed by atoms with Crippen molar-refractivity contribution in [2.45, 2.75) is 45.2 Å². The van der Waals surface area contributed by atoms with Crippen molar-refractivity contribution < 1.29 is 5.11 Å². The average molecular weight is 263 g/mol. The van der Waals surface area contributed by atoms with Crippen LogP contribution < -0.4 is 0 Å². The summed E-state index contributed by atoms with van der Waals surface area (Å²) in [5.74, 6) is 6.08. The lowest BCUT2D eigenvalue weighted by Crippen LogP contribution is -2.25. The van der Waals surface area contributed by atoms with Gasteiger partial charge in [0.25, 0.3) is 0 Å². The van der Waals surface area contributed by atoms with Gasteiger partial charge in [-0.05, 0) is 37.9 Å². The lowest BCUT2D eigenvalue weighted by molar-refractivity contribution is 0.257. The number of rotatable bonds is 6.